The van der Waals surface area contributed by atoms with Crippen molar-refractivity contribution in [2.75, 3.05) is 11.1 Å². The van der Waals surface area contributed by atoms with E-state index in [1.54, 1.807) is 18.2 Å². The van der Waals surface area contributed by atoms with E-state index in [1.165, 1.54) is 17.4 Å². The molecule has 0 aliphatic heterocycles. The molecule has 0 amide bonds. The minimum Gasteiger partial charge on any atom is -0.507 e. The highest BCUT2D eigenvalue weighted by Gasteiger charge is 2.15. The summed E-state index contributed by atoms with van der Waals surface area (Å²) in [6.07, 6.45) is 0. The Labute approximate surface area is 172 Å². The van der Waals surface area contributed by atoms with Crippen LogP contribution in [0.1, 0.15) is 36.6 Å². The van der Waals surface area contributed by atoms with E-state index in [1.807, 2.05) is 17.5 Å². The number of nitrogen functional groups attached to an aromatic ring is 1. The summed E-state index contributed by atoms with van der Waals surface area (Å²) in [7, 11) is 0. The molecular formula is C21H22N4O3S. The number of phenolic OH excluding ortho intramolecular Hbond substituents is 1. The Kier molecular flexibility index (Phi) is 5.84. The van der Waals surface area contributed by atoms with E-state index in [2.05, 4.69) is 24.1 Å². The van der Waals surface area contributed by atoms with Crippen molar-refractivity contribution in [1.29, 1.82) is 5.41 Å². The lowest BCUT2D eigenvalue weighted by atomic mass is 10.1. The molecule has 0 spiro atoms. The van der Waals surface area contributed by atoms with Gasteiger partial charge in [0.05, 0.1) is 11.3 Å². The number of hydrogen-bond acceptors (Lipinski definition) is 7. The van der Waals surface area contributed by atoms with Crippen LogP contribution < -0.4 is 11.1 Å². The number of nitrogens with one attached hydrogen (secondary N) is 2. The second kappa shape index (κ2) is 8.32. The van der Waals surface area contributed by atoms with Crippen LogP contribution in [-0.4, -0.2) is 26.9 Å². The molecule has 8 heteroatoms. The van der Waals surface area contributed by atoms with Crippen LogP contribution in [0.4, 0.5) is 11.4 Å². The van der Waals surface area contributed by atoms with E-state index in [4.69, 9.17) is 16.2 Å². The molecular weight excluding hydrogens is 388 g/mol. The zero-order valence-electron chi connectivity index (χ0n) is 16.1. The summed E-state index contributed by atoms with van der Waals surface area (Å²) in [5.41, 5.74) is 8.52. The van der Waals surface area contributed by atoms with Crippen molar-refractivity contribution in [2.24, 2.45) is 0 Å². The Morgan fingerprint density at radius 1 is 1.31 bits per heavy atom. The number of hydrogen-bond donors (Lipinski definition) is 5. The highest BCUT2D eigenvalue weighted by atomic mass is 32.1. The number of benzene rings is 2. The largest absolute Gasteiger partial charge is 0.507 e. The number of phenols is 1. The third-order valence-corrected chi connectivity index (χ3v) is 5.38. The number of carboxylic acids is 1. The SMILES string of the molecule is CC(C)c1csc(-c2cccc(CNc3ccc(N)c(C(=N)C(=O)O)c3)c2O)n1. The molecule has 0 aliphatic rings. The molecule has 0 fully saturated rings. The molecule has 1 aromatic heterocycles. The fourth-order valence-electron chi connectivity index (χ4n) is 2.78. The van der Waals surface area contributed by atoms with Gasteiger partial charge in [0, 0.05) is 34.4 Å². The van der Waals surface area contributed by atoms with Crippen molar-refractivity contribution in [3.8, 4) is 16.3 Å². The quantitative estimate of drug-likeness (QED) is 0.292. The fourth-order valence-corrected chi connectivity index (χ4v) is 3.78. The maximum Gasteiger partial charge on any atom is 0.354 e. The molecule has 7 nitrogen and oxygen atoms in total. The minimum absolute atomic E-state index is 0.143. The van der Waals surface area contributed by atoms with Gasteiger partial charge < -0.3 is 21.3 Å². The number of anilines is 2. The standard InChI is InChI=1S/C21H22N4O3S/c1-11(2)17-10-29-20(25-17)14-5-3-4-12(19(14)26)9-24-13-6-7-16(22)15(8-13)18(23)21(27)28/h3-8,10-11,23-24,26H,9,22H2,1-2H3,(H,27,28). The number of aliphatic carboxylic acids is 1. The molecule has 6 N–H and O–H groups in total. The van der Waals surface area contributed by atoms with Gasteiger partial charge in [-0.3, -0.25) is 5.41 Å². The maximum absolute atomic E-state index is 11.1. The Hall–Kier alpha value is -3.39. The molecule has 0 unspecified atom stereocenters. The van der Waals surface area contributed by atoms with Gasteiger partial charge in [-0.25, -0.2) is 9.78 Å². The average molecular weight is 410 g/mol. The average Bonchev–Trinajstić information content (AvgIpc) is 3.18. The van der Waals surface area contributed by atoms with Gasteiger partial charge >= 0.3 is 5.97 Å². The summed E-state index contributed by atoms with van der Waals surface area (Å²) in [6.45, 7) is 4.46. The zero-order valence-corrected chi connectivity index (χ0v) is 16.9. The van der Waals surface area contributed by atoms with Crippen LogP contribution in [0.2, 0.25) is 0 Å². The van der Waals surface area contributed by atoms with Crippen molar-refractivity contribution in [1.82, 2.24) is 4.98 Å². The number of carboxylic acid groups (broad SMARTS) is 1. The number of carbonyl (C=O) groups is 1. The number of aromatic hydroxyl groups is 1. The number of nitrogens with two attached hydrogens (primary N) is 1. The van der Waals surface area contributed by atoms with E-state index in [9.17, 15) is 9.90 Å². The van der Waals surface area contributed by atoms with Crippen LogP contribution in [0.25, 0.3) is 10.6 Å². The van der Waals surface area contributed by atoms with Gasteiger partial charge in [0.1, 0.15) is 16.5 Å². The first-order chi connectivity index (χ1) is 13.8. The van der Waals surface area contributed by atoms with Crippen molar-refractivity contribution in [2.45, 2.75) is 26.3 Å². The predicted molar refractivity (Wildman–Crippen MR) is 116 cm³/mol. The van der Waals surface area contributed by atoms with Crippen LogP contribution in [0.3, 0.4) is 0 Å². The lowest BCUT2D eigenvalue weighted by Gasteiger charge is -2.12. The van der Waals surface area contributed by atoms with Gasteiger partial charge in [-0.05, 0) is 30.2 Å². The number of para-hydroxylation sites is 1. The van der Waals surface area contributed by atoms with Gasteiger partial charge in [-0.2, -0.15) is 0 Å². The molecule has 0 saturated heterocycles. The van der Waals surface area contributed by atoms with Gasteiger partial charge in [0.15, 0.2) is 0 Å². The van der Waals surface area contributed by atoms with Crippen LogP contribution >= 0.6 is 11.3 Å². The van der Waals surface area contributed by atoms with Crippen LogP contribution in [0.15, 0.2) is 41.8 Å². The number of aromatic nitrogens is 1. The Morgan fingerprint density at radius 2 is 2.07 bits per heavy atom. The van der Waals surface area contributed by atoms with Crippen LogP contribution in [0, 0.1) is 5.41 Å². The van der Waals surface area contributed by atoms with E-state index < -0.39 is 11.7 Å². The molecule has 0 atom stereocenters. The summed E-state index contributed by atoms with van der Waals surface area (Å²) in [5, 5.41) is 33.3. The van der Waals surface area contributed by atoms with E-state index in [-0.39, 0.29) is 17.0 Å². The number of rotatable bonds is 7. The van der Waals surface area contributed by atoms with Crippen molar-refractivity contribution in [3.05, 3.63) is 58.6 Å². The zero-order chi connectivity index (χ0) is 21.1. The predicted octanol–water partition coefficient (Wildman–Crippen LogP) is 4.29. The third kappa shape index (κ3) is 4.38. The summed E-state index contributed by atoms with van der Waals surface area (Å²) >= 11 is 1.49. The first-order valence-electron chi connectivity index (χ1n) is 9.00. The monoisotopic (exact) mass is 410 g/mol. The normalized spacial score (nSPS) is 10.9. The summed E-state index contributed by atoms with van der Waals surface area (Å²) in [4.78, 5) is 15.7. The second-order valence-electron chi connectivity index (χ2n) is 6.88. The lowest BCUT2D eigenvalue weighted by molar-refractivity contribution is -0.129. The molecule has 150 valence electrons. The van der Waals surface area contributed by atoms with Crippen molar-refractivity contribution in [3.63, 3.8) is 0 Å². The third-order valence-electron chi connectivity index (χ3n) is 4.48. The molecule has 0 saturated carbocycles. The molecule has 2 aromatic carbocycles. The number of thiazole rings is 1. The fraction of sp³-hybridized carbons (Fsp3) is 0.190. The second-order valence-corrected chi connectivity index (χ2v) is 7.74. The molecule has 29 heavy (non-hydrogen) atoms. The molecule has 0 bridgehead atoms. The smallest absolute Gasteiger partial charge is 0.354 e. The van der Waals surface area contributed by atoms with E-state index in [0.29, 0.717) is 29.3 Å². The summed E-state index contributed by atoms with van der Waals surface area (Å²) in [5.74, 6) is -0.877. The van der Waals surface area contributed by atoms with E-state index in [0.717, 1.165) is 10.7 Å². The van der Waals surface area contributed by atoms with Crippen LogP contribution in [0.5, 0.6) is 5.75 Å². The van der Waals surface area contributed by atoms with Gasteiger partial charge in [0.2, 0.25) is 0 Å². The van der Waals surface area contributed by atoms with Crippen LogP contribution in [-0.2, 0) is 11.3 Å². The molecule has 3 rings (SSSR count). The summed E-state index contributed by atoms with van der Waals surface area (Å²) < 4.78 is 0. The van der Waals surface area contributed by atoms with Gasteiger partial charge in [-0.1, -0.05) is 26.0 Å². The summed E-state index contributed by atoms with van der Waals surface area (Å²) in [6, 6.07) is 10.3. The number of nitrogens with zero attached hydrogens (tertiary/aromatic N) is 1. The molecule has 0 aliphatic carbocycles. The van der Waals surface area contributed by atoms with Gasteiger partial charge in [-0.15, -0.1) is 11.3 Å². The molecule has 0 radical (unpaired) electrons. The Balaban J connectivity index is 1.82. The Bertz CT molecular complexity index is 1080. The van der Waals surface area contributed by atoms with E-state index >= 15 is 0 Å². The highest BCUT2D eigenvalue weighted by Crippen LogP contribution is 2.35. The topological polar surface area (TPSA) is 132 Å². The Morgan fingerprint density at radius 3 is 2.72 bits per heavy atom. The molecule has 1 heterocycles. The van der Waals surface area contributed by atoms with Crippen molar-refractivity contribution >= 4 is 34.4 Å². The lowest BCUT2D eigenvalue weighted by Crippen LogP contribution is -2.15. The van der Waals surface area contributed by atoms with Crippen molar-refractivity contribution < 1.29 is 15.0 Å². The first-order valence-corrected chi connectivity index (χ1v) is 9.88. The minimum atomic E-state index is -1.34. The first kappa shape index (κ1) is 20.3. The van der Waals surface area contributed by atoms with Gasteiger partial charge in [0.25, 0.3) is 0 Å². The molecule has 3 aromatic rings. The highest BCUT2D eigenvalue weighted by molar-refractivity contribution is 7.13. The maximum atomic E-state index is 11.1.